The maximum Gasteiger partial charge on any atom is 0.243 e. The Morgan fingerprint density at radius 3 is 1.93 bits per heavy atom. The molecule has 2 unspecified atom stereocenters. The lowest BCUT2D eigenvalue weighted by Gasteiger charge is -2.32. The maximum atomic E-state index is 13.0. The van der Waals surface area contributed by atoms with Crippen molar-refractivity contribution in [2.45, 2.75) is 53.2 Å². The van der Waals surface area contributed by atoms with E-state index in [4.69, 9.17) is 0 Å². The van der Waals surface area contributed by atoms with Crippen molar-refractivity contribution in [2.24, 2.45) is 11.3 Å². The molecule has 4 rings (SSSR count). The lowest BCUT2D eigenvalue weighted by Crippen LogP contribution is -2.50. The van der Waals surface area contributed by atoms with E-state index in [1.165, 1.54) is 0 Å². The third-order valence-electron chi connectivity index (χ3n) is 7.36. The number of carbonyl (C=O) groups is 3. The fraction of sp³-hybridized carbons (Fsp3) is 0.364. The summed E-state index contributed by atoms with van der Waals surface area (Å²) >= 11 is 0. The minimum absolute atomic E-state index is 0.0603. The zero-order chi connectivity index (χ0) is 31.9. The second kappa shape index (κ2) is 14.1. The number of hydrogen-bond acceptors (Lipinski definition) is 6. The number of benzene rings is 2. The van der Waals surface area contributed by atoms with Crippen LogP contribution < -0.4 is 21.3 Å². The van der Waals surface area contributed by atoms with Gasteiger partial charge in [0.2, 0.25) is 18.2 Å². The van der Waals surface area contributed by atoms with Crippen molar-refractivity contribution in [1.82, 2.24) is 41.2 Å². The van der Waals surface area contributed by atoms with E-state index in [1.807, 2.05) is 58.9 Å². The summed E-state index contributed by atoms with van der Waals surface area (Å²) in [5, 5.41) is 11.3. The molecule has 44 heavy (non-hydrogen) atoms. The number of nitrogens with one attached hydrogen (secondary N) is 6. The molecule has 0 spiro atoms. The van der Waals surface area contributed by atoms with Crippen molar-refractivity contribution in [3.63, 3.8) is 0 Å². The number of rotatable bonds is 13. The van der Waals surface area contributed by atoms with Gasteiger partial charge in [0.25, 0.3) is 0 Å². The molecule has 11 heteroatoms. The van der Waals surface area contributed by atoms with Crippen LogP contribution >= 0.6 is 0 Å². The second-order valence-corrected chi connectivity index (χ2v) is 12.2. The van der Waals surface area contributed by atoms with Gasteiger partial charge < -0.3 is 31.2 Å². The number of H-pyrrole nitrogens is 2. The lowest BCUT2D eigenvalue weighted by atomic mass is 9.85. The summed E-state index contributed by atoms with van der Waals surface area (Å²) in [6, 6.07) is 15.4. The highest BCUT2D eigenvalue weighted by Crippen LogP contribution is 2.33. The molecule has 232 valence electrons. The number of hydrogen-bond donors (Lipinski definition) is 6. The van der Waals surface area contributed by atoms with Gasteiger partial charge in [-0.1, -0.05) is 83.1 Å². The molecule has 0 aliphatic rings. The topological polar surface area (TPSA) is 157 Å². The van der Waals surface area contributed by atoms with Gasteiger partial charge >= 0.3 is 0 Å². The summed E-state index contributed by atoms with van der Waals surface area (Å²) in [6.45, 7) is 10.5. The Bertz CT molecular complexity index is 1550. The summed E-state index contributed by atoms with van der Waals surface area (Å²) in [5.74, 6) is 0.946. The molecule has 0 aliphatic carbocycles. The Kier molecular flexibility index (Phi) is 10.3. The third-order valence-corrected chi connectivity index (χ3v) is 7.36. The van der Waals surface area contributed by atoms with E-state index in [2.05, 4.69) is 65.5 Å². The maximum absolute atomic E-state index is 13.0. The van der Waals surface area contributed by atoms with E-state index in [0.29, 0.717) is 24.6 Å². The predicted molar refractivity (Wildman–Crippen MR) is 171 cm³/mol. The molecule has 0 bridgehead atoms. The van der Waals surface area contributed by atoms with Crippen LogP contribution in [0.3, 0.4) is 0 Å². The molecule has 2 atom stereocenters. The Hall–Kier alpha value is -4.77. The fourth-order valence-electron chi connectivity index (χ4n) is 4.89. The smallest absolute Gasteiger partial charge is 0.243 e. The van der Waals surface area contributed by atoms with Gasteiger partial charge in [0.15, 0.2) is 0 Å². The molecule has 0 saturated carbocycles. The minimum Gasteiger partial charge on any atom is -0.348 e. The number of aromatic amines is 2. The zero-order valence-corrected chi connectivity index (χ0v) is 26.1. The van der Waals surface area contributed by atoms with Gasteiger partial charge in [-0.3, -0.25) is 14.4 Å². The van der Waals surface area contributed by atoms with Gasteiger partial charge in [-0.25, -0.2) is 9.97 Å². The van der Waals surface area contributed by atoms with Crippen molar-refractivity contribution in [1.29, 1.82) is 0 Å². The van der Waals surface area contributed by atoms with E-state index in [1.54, 1.807) is 19.4 Å². The van der Waals surface area contributed by atoms with Gasteiger partial charge in [0.1, 0.15) is 17.7 Å². The highest BCUT2D eigenvalue weighted by atomic mass is 16.2. The van der Waals surface area contributed by atoms with Crippen molar-refractivity contribution >= 4 is 18.2 Å². The van der Waals surface area contributed by atoms with Gasteiger partial charge in [-0.15, -0.1) is 0 Å². The van der Waals surface area contributed by atoms with Gasteiger partial charge in [0.05, 0.1) is 42.9 Å². The van der Waals surface area contributed by atoms with Crippen LogP contribution in [0.1, 0.15) is 52.3 Å². The molecule has 2 heterocycles. The highest BCUT2D eigenvalue weighted by Gasteiger charge is 2.33. The van der Waals surface area contributed by atoms with E-state index in [-0.39, 0.29) is 35.7 Å². The average molecular weight is 599 g/mol. The second-order valence-electron chi connectivity index (χ2n) is 12.2. The SMILES string of the molecule is CNCC(=O)NCc1ncc(-c2ccc(-c3ccc(-c4cnc(C(NC(=O)C(NC=O)C(C)C)C(C)(C)C)[nH]4)cc3)cc2)[nH]1. The molecule has 6 N–H and O–H groups in total. The van der Waals surface area contributed by atoms with Crippen molar-refractivity contribution in [2.75, 3.05) is 13.6 Å². The fourth-order valence-corrected chi connectivity index (χ4v) is 4.89. The molecule has 2 aromatic carbocycles. The van der Waals surface area contributed by atoms with E-state index >= 15 is 0 Å². The summed E-state index contributed by atoms with van der Waals surface area (Å²) in [7, 11) is 1.73. The molecule has 4 aromatic rings. The van der Waals surface area contributed by atoms with Crippen molar-refractivity contribution in [3.8, 4) is 33.6 Å². The first-order valence-corrected chi connectivity index (χ1v) is 14.7. The van der Waals surface area contributed by atoms with Crippen molar-refractivity contribution in [3.05, 3.63) is 72.6 Å². The highest BCUT2D eigenvalue weighted by molar-refractivity contribution is 5.84. The Morgan fingerprint density at radius 2 is 1.41 bits per heavy atom. The first-order chi connectivity index (χ1) is 21.0. The Morgan fingerprint density at radius 1 is 0.864 bits per heavy atom. The standard InChI is InChI=1S/C33H42N8O3/c1-20(2)29(38-19-42)32(44)41-30(33(3,4)5)31-37-16-26(40-31)24-13-9-22(10-14-24)21-7-11-23(12-8-21)25-15-35-27(39-25)17-36-28(43)18-34-6/h7-16,19-20,29-30,34H,17-18H2,1-6H3,(H,35,39)(H,36,43)(H,37,40)(H,38,42)(H,41,44). The average Bonchev–Trinajstić information content (AvgIpc) is 3.68. The van der Waals surface area contributed by atoms with Crippen LogP contribution in [0.5, 0.6) is 0 Å². The van der Waals surface area contributed by atoms with E-state index in [0.717, 1.165) is 33.6 Å². The number of aromatic nitrogens is 4. The number of nitrogens with zero attached hydrogens (tertiary/aromatic N) is 2. The largest absolute Gasteiger partial charge is 0.348 e. The Labute approximate surface area is 258 Å². The van der Waals surface area contributed by atoms with Gasteiger partial charge in [0, 0.05) is 0 Å². The first kappa shape index (κ1) is 32.2. The number of carbonyl (C=O) groups excluding carboxylic acids is 3. The van der Waals surface area contributed by atoms with Gasteiger partial charge in [-0.2, -0.15) is 0 Å². The Balaban J connectivity index is 1.44. The van der Waals surface area contributed by atoms with Crippen LogP contribution in [-0.2, 0) is 20.9 Å². The molecule has 0 fully saturated rings. The van der Waals surface area contributed by atoms with Crippen LogP contribution in [0.15, 0.2) is 60.9 Å². The zero-order valence-electron chi connectivity index (χ0n) is 26.1. The normalized spacial score (nSPS) is 12.9. The van der Waals surface area contributed by atoms with Crippen molar-refractivity contribution < 1.29 is 14.4 Å². The lowest BCUT2D eigenvalue weighted by molar-refractivity contribution is -0.127. The molecule has 0 radical (unpaired) electrons. The minimum atomic E-state index is -0.632. The van der Waals surface area contributed by atoms with Gasteiger partial charge in [-0.05, 0) is 40.6 Å². The van der Waals surface area contributed by atoms with Crippen LogP contribution in [0.2, 0.25) is 0 Å². The van der Waals surface area contributed by atoms with Crippen LogP contribution in [0.4, 0.5) is 0 Å². The van der Waals surface area contributed by atoms with E-state index in [9.17, 15) is 14.4 Å². The molecule has 0 aliphatic heterocycles. The predicted octanol–water partition coefficient (Wildman–Crippen LogP) is 3.94. The molecule has 3 amide bonds. The van der Waals surface area contributed by atoms with Crippen LogP contribution in [0, 0.1) is 11.3 Å². The number of imidazole rings is 2. The molecular weight excluding hydrogens is 556 g/mol. The summed E-state index contributed by atoms with van der Waals surface area (Å²) in [6.07, 6.45) is 4.10. The summed E-state index contributed by atoms with van der Waals surface area (Å²) in [4.78, 5) is 51.4. The van der Waals surface area contributed by atoms with E-state index < -0.39 is 6.04 Å². The summed E-state index contributed by atoms with van der Waals surface area (Å²) < 4.78 is 0. The molecule has 0 saturated heterocycles. The van der Waals surface area contributed by atoms with Crippen LogP contribution in [0.25, 0.3) is 33.6 Å². The molecule has 11 nitrogen and oxygen atoms in total. The van der Waals surface area contributed by atoms with Crippen LogP contribution in [-0.4, -0.2) is 57.8 Å². The number of likely N-dealkylation sites (N-methyl/N-ethyl adjacent to an activating group) is 1. The third kappa shape index (κ3) is 7.99. The number of amides is 3. The monoisotopic (exact) mass is 598 g/mol. The molecule has 2 aromatic heterocycles. The quantitative estimate of drug-likeness (QED) is 0.128. The first-order valence-electron chi connectivity index (χ1n) is 14.7. The summed E-state index contributed by atoms with van der Waals surface area (Å²) in [5.41, 5.74) is 5.50. The molecular formula is C33H42N8O3.